The van der Waals surface area contributed by atoms with Crippen LogP contribution in [-0.2, 0) is 15.7 Å². The van der Waals surface area contributed by atoms with Crippen molar-refractivity contribution in [3.8, 4) is 6.07 Å². The Bertz CT molecular complexity index is 1540. The van der Waals surface area contributed by atoms with Gasteiger partial charge in [0, 0.05) is 42.3 Å². The average molecular weight is 597 g/mol. The van der Waals surface area contributed by atoms with Gasteiger partial charge in [-0.15, -0.1) is 0 Å². The number of amides is 3. The molecule has 0 bridgehead atoms. The highest BCUT2D eigenvalue weighted by molar-refractivity contribution is 6.07. The van der Waals surface area contributed by atoms with Crippen molar-refractivity contribution >= 4 is 23.5 Å². The summed E-state index contributed by atoms with van der Waals surface area (Å²) in [6.07, 6.45) is -0.405. The molecule has 5 atom stereocenters. The number of likely N-dealkylation sites (tertiary alicyclic amines) is 1. The van der Waals surface area contributed by atoms with E-state index in [1.54, 1.807) is 21.4 Å². The monoisotopic (exact) mass is 596 g/mol. The normalized spacial score (nSPS) is 28.7. The summed E-state index contributed by atoms with van der Waals surface area (Å²) in [7, 11) is 0. The molecule has 4 heterocycles. The van der Waals surface area contributed by atoms with Crippen LogP contribution in [0.4, 0.5) is 19.0 Å². The molecule has 2 aromatic rings. The SMILES string of the molecule is C[C@H]1c2c(C(=O)N3[C@H](C#N)C[C@H]4C[C@H]43)nn(C3CCOCC3)c2N(C2CC2)C(=O)[C@H]1NC(=O)c1cccc(C(F)(F)F)c1. The third kappa shape index (κ3) is 4.67. The summed E-state index contributed by atoms with van der Waals surface area (Å²) in [6.45, 7) is 2.76. The maximum atomic E-state index is 14.2. The minimum atomic E-state index is -4.63. The van der Waals surface area contributed by atoms with E-state index in [0.29, 0.717) is 49.8 Å². The number of rotatable bonds is 5. The van der Waals surface area contributed by atoms with E-state index in [2.05, 4.69) is 11.4 Å². The highest BCUT2D eigenvalue weighted by Crippen LogP contribution is 2.50. The molecular formula is C30H31F3N6O4. The fraction of sp³-hybridized carbons (Fsp3) is 0.567. The van der Waals surface area contributed by atoms with Crippen molar-refractivity contribution in [2.24, 2.45) is 5.92 Å². The molecule has 2 saturated carbocycles. The molecule has 0 spiro atoms. The number of halogens is 3. The third-order valence-corrected chi connectivity index (χ3v) is 9.49. The molecule has 5 aliphatic rings. The Hall–Kier alpha value is -3.92. The average Bonchev–Trinajstić information content (AvgIpc) is 3.91. The second-order valence-electron chi connectivity index (χ2n) is 12.3. The Morgan fingerprint density at radius 2 is 1.86 bits per heavy atom. The van der Waals surface area contributed by atoms with Crippen LogP contribution in [0.5, 0.6) is 0 Å². The molecule has 3 aliphatic heterocycles. The van der Waals surface area contributed by atoms with E-state index in [4.69, 9.17) is 9.84 Å². The number of anilines is 1. The first-order chi connectivity index (χ1) is 20.6. The lowest BCUT2D eigenvalue weighted by atomic mass is 9.87. The number of nitriles is 1. The standard InChI is InChI=1S/C30H31F3N6O4/c1-15-23-25(29(42)37-21(14-34)12-17-13-22(17)37)36-39(20-7-9-43-10-8-20)27(23)38(19-5-6-19)28(41)24(15)35-26(40)16-3-2-4-18(11-16)30(31,32)33/h2-4,11,15,17,19-22,24H,5-10,12-13H2,1H3,(H,35,40)/t15-,17-,21-,22+,24-/m0/s1. The van der Waals surface area contributed by atoms with E-state index in [-0.39, 0.29) is 41.2 Å². The van der Waals surface area contributed by atoms with Gasteiger partial charge in [0.1, 0.15) is 17.9 Å². The number of piperidine rings is 1. The number of carbonyl (C=O) groups is 3. The van der Waals surface area contributed by atoms with Crippen LogP contribution in [0.3, 0.4) is 0 Å². The first-order valence-electron chi connectivity index (χ1n) is 14.8. The molecular weight excluding hydrogens is 565 g/mol. The second-order valence-corrected chi connectivity index (χ2v) is 12.3. The van der Waals surface area contributed by atoms with Crippen molar-refractivity contribution in [1.82, 2.24) is 20.0 Å². The largest absolute Gasteiger partial charge is 0.416 e. The molecule has 3 amide bonds. The van der Waals surface area contributed by atoms with Gasteiger partial charge in [0.15, 0.2) is 5.69 Å². The maximum Gasteiger partial charge on any atom is 0.416 e. The van der Waals surface area contributed by atoms with Crippen LogP contribution in [0.2, 0.25) is 0 Å². The van der Waals surface area contributed by atoms with Gasteiger partial charge in [-0.25, -0.2) is 4.68 Å². The summed E-state index contributed by atoms with van der Waals surface area (Å²) < 4.78 is 47.4. The number of aromatic nitrogens is 2. The van der Waals surface area contributed by atoms with Crippen LogP contribution in [0.1, 0.15) is 89.4 Å². The summed E-state index contributed by atoms with van der Waals surface area (Å²) in [6, 6.07) is 4.36. The van der Waals surface area contributed by atoms with E-state index < -0.39 is 35.6 Å². The number of ether oxygens (including phenoxy) is 1. The Morgan fingerprint density at radius 1 is 1.12 bits per heavy atom. The van der Waals surface area contributed by atoms with Gasteiger partial charge in [0.05, 0.1) is 17.7 Å². The van der Waals surface area contributed by atoms with Crippen LogP contribution in [-0.4, -0.2) is 69.8 Å². The summed E-state index contributed by atoms with van der Waals surface area (Å²) in [5, 5.41) is 17.4. The fourth-order valence-corrected chi connectivity index (χ4v) is 6.99. The molecule has 13 heteroatoms. The van der Waals surface area contributed by atoms with E-state index in [1.807, 2.05) is 0 Å². The lowest BCUT2D eigenvalue weighted by Gasteiger charge is -2.38. The van der Waals surface area contributed by atoms with Gasteiger partial charge in [-0.1, -0.05) is 13.0 Å². The third-order valence-electron chi connectivity index (χ3n) is 9.49. The van der Waals surface area contributed by atoms with Gasteiger partial charge in [-0.2, -0.15) is 23.5 Å². The van der Waals surface area contributed by atoms with Gasteiger partial charge < -0.3 is 15.0 Å². The number of fused-ring (bicyclic) bond motifs is 2. The molecule has 0 unspecified atom stereocenters. The highest BCUT2D eigenvalue weighted by Gasteiger charge is 2.56. The fourth-order valence-electron chi connectivity index (χ4n) is 6.99. The van der Waals surface area contributed by atoms with Crippen LogP contribution in [0.25, 0.3) is 0 Å². The zero-order valence-electron chi connectivity index (χ0n) is 23.5. The van der Waals surface area contributed by atoms with Crippen molar-refractivity contribution in [3.63, 3.8) is 0 Å². The summed E-state index contributed by atoms with van der Waals surface area (Å²) in [4.78, 5) is 44.9. The Labute approximate surface area is 245 Å². The molecule has 226 valence electrons. The Kier molecular flexibility index (Phi) is 6.54. The first-order valence-corrected chi connectivity index (χ1v) is 14.8. The van der Waals surface area contributed by atoms with Crippen LogP contribution in [0, 0.1) is 17.2 Å². The summed E-state index contributed by atoms with van der Waals surface area (Å²) >= 11 is 0. The van der Waals surface area contributed by atoms with Crippen molar-refractivity contribution < 1.29 is 32.3 Å². The zero-order valence-corrected chi connectivity index (χ0v) is 23.5. The molecule has 1 aromatic heterocycles. The van der Waals surface area contributed by atoms with Crippen molar-refractivity contribution in [3.05, 3.63) is 46.6 Å². The molecule has 0 radical (unpaired) electrons. The van der Waals surface area contributed by atoms with E-state index in [0.717, 1.165) is 37.5 Å². The van der Waals surface area contributed by atoms with E-state index in [9.17, 15) is 32.8 Å². The molecule has 10 nitrogen and oxygen atoms in total. The number of hydrogen-bond acceptors (Lipinski definition) is 6. The Morgan fingerprint density at radius 3 is 2.53 bits per heavy atom. The molecule has 7 rings (SSSR count). The summed E-state index contributed by atoms with van der Waals surface area (Å²) in [5.74, 6) is -1.43. The first kappa shape index (κ1) is 27.9. The molecule has 4 fully saturated rings. The number of nitrogens with zero attached hydrogens (tertiary/aromatic N) is 5. The minimum Gasteiger partial charge on any atom is -0.381 e. The van der Waals surface area contributed by atoms with Crippen molar-refractivity contribution in [1.29, 1.82) is 5.26 Å². The smallest absolute Gasteiger partial charge is 0.381 e. The maximum absolute atomic E-state index is 14.2. The summed E-state index contributed by atoms with van der Waals surface area (Å²) in [5.41, 5.74) is -0.496. The van der Waals surface area contributed by atoms with Crippen molar-refractivity contribution in [2.45, 2.75) is 87.8 Å². The van der Waals surface area contributed by atoms with Crippen molar-refractivity contribution in [2.75, 3.05) is 18.1 Å². The molecule has 43 heavy (non-hydrogen) atoms. The van der Waals surface area contributed by atoms with Crippen LogP contribution >= 0.6 is 0 Å². The van der Waals surface area contributed by atoms with Gasteiger partial charge >= 0.3 is 6.18 Å². The number of nitrogens with one attached hydrogen (secondary N) is 1. The Balaban J connectivity index is 1.30. The lowest BCUT2D eigenvalue weighted by molar-refractivity contribution is -0.137. The molecule has 2 aliphatic carbocycles. The van der Waals surface area contributed by atoms with E-state index in [1.165, 1.54) is 6.07 Å². The van der Waals surface area contributed by atoms with Crippen LogP contribution < -0.4 is 10.2 Å². The quantitative estimate of drug-likeness (QED) is 0.561. The predicted molar refractivity (Wildman–Crippen MR) is 145 cm³/mol. The van der Waals surface area contributed by atoms with E-state index >= 15 is 0 Å². The topological polar surface area (TPSA) is 121 Å². The second kappa shape index (κ2) is 10.1. The van der Waals surface area contributed by atoms with Gasteiger partial charge in [-0.3, -0.25) is 19.3 Å². The van der Waals surface area contributed by atoms with Gasteiger partial charge in [0.25, 0.3) is 17.7 Å². The molecule has 1 N–H and O–H groups in total. The minimum absolute atomic E-state index is 0.0162. The number of carbonyl (C=O) groups excluding carboxylic acids is 3. The highest BCUT2D eigenvalue weighted by atomic mass is 19.4. The van der Waals surface area contributed by atoms with Crippen LogP contribution in [0.15, 0.2) is 24.3 Å². The van der Waals surface area contributed by atoms with Gasteiger partial charge in [0.2, 0.25) is 0 Å². The number of benzene rings is 1. The van der Waals surface area contributed by atoms with Gasteiger partial charge in [-0.05, 0) is 62.6 Å². The zero-order chi connectivity index (χ0) is 30.2. The predicted octanol–water partition coefficient (Wildman–Crippen LogP) is 3.79. The lowest BCUT2D eigenvalue weighted by Crippen LogP contribution is -2.55. The molecule has 1 aromatic carbocycles. The number of hydrogen-bond donors (Lipinski definition) is 1. The molecule has 2 saturated heterocycles. The number of alkyl halides is 3.